The van der Waals surface area contributed by atoms with Crippen molar-refractivity contribution in [2.24, 2.45) is 0 Å². The summed E-state index contributed by atoms with van der Waals surface area (Å²) in [6.07, 6.45) is 3.25. The molecule has 1 aromatic heterocycles. The summed E-state index contributed by atoms with van der Waals surface area (Å²) in [6, 6.07) is 15.9. The largest absolute Gasteiger partial charge is 0.462 e. The monoisotopic (exact) mass is 532 g/mol. The molecular formula is C29H28N2O6S. The van der Waals surface area contributed by atoms with Gasteiger partial charge in [-0.3, -0.25) is 19.3 Å². The minimum absolute atomic E-state index is 0.167. The Morgan fingerprint density at radius 2 is 1.82 bits per heavy atom. The normalized spacial score (nSPS) is 14.3. The zero-order chi connectivity index (χ0) is 27.2. The lowest BCUT2D eigenvalue weighted by atomic mass is 10.1. The van der Waals surface area contributed by atoms with E-state index in [1.807, 2.05) is 39.0 Å². The summed E-state index contributed by atoms with van der Waals surface area (Å²) in [7, 11) is 0. The molecule has 0 saturated carbocycles. The van der Waals surface area contributed by atoms with Gasteiger partial charge in [-0.05, 0) is 73.5 Å². The molecular weight excluding hydrogens is 504 g/mol. The molecule has 1 aliphatic heterocycles. The zero-order valence-electron chi connectivity index (χ0n) is 21.4. The van der Waals surface area contributed by atoms with Crippen LogP contribution in [0.5, 0.6) is 0 Å². The SMILES string of the molecule is CCCCOC(=O)c1ccc(-c2ccc(/C=C3/SC(=O)N(CC(=O)Nc4cc(C)ccc4C)C3=O)o2)cc1. The first-order chi connectivity index (χ1) is 18.2. The van der Waals surface area contributed by atoms with Gasteiger partial charge in [-0.25, -0.2) is 4.79 Å². The number of aryl methyl sites for hydroxylation is 2. The molecule has 1 fully saturated rings. The van der Waals surface area contributed by atoms with Crippen LogP contribution in [0.2, 0.25) is 0 Å². The molecule has 38 heavy (non-hydrogen) atoms. The molecule has 9 heteroatoms. The van der Waals surface area contributed by atoms with Gasteiger partial charge in [0.25, 0.3) is 11.1 Å². The highest BCUT2D eigenvalue weighted by Gasteiger charge is 2.36. The lowest BCUT2D eigenvalue weighted by Crippen LogP contribution is -2.36. The van der Waals surface area contributed by atoms with Crippen molar-refractivity contribution in [1.29, 1.82) is 0 Å². The quantitative estimate of drug-likeness (QED) is 0.199. The highest BCUT2D eigenvalue weighted by Crippen LogP contribution is 2.33. The number of carbonyl (C=O) groups is 4. The van der Waals surface area contributed by atoms with Crippen LogP contribution in [0.1, 0.15) is 47.0 Å². The van der Waals surface area contributed by atoms with E-state index in [-0.39, 0.29) is 17.4 Å². The van der Waals surface area contributed by atoms with Gasteiger partial charge in [-0.1, -0.05) is 37.6 Å². The highest BCUT2D eigenvalue weighted by molar-refractivity contribution is 8.18. The highest BCUT2D eigenvalue weighted by atomic mass is 32.2. The average molecular weight is 533 g/mol. The van der Waals surface area contributed by atoms with Crippen molar-refractivity contribution in [2.75, 3.05) is 18.5 Å². The number of carbonyl (C=O) groups excluding carboxylic acids is 4. The first kappa shape index (κ1) is 26.9. The first-order valence-electron chi connectivity index (χ1n) is 12.2. The number of thioether (sulfide) groups is 1. The van der Waals surface area contributed by atoms with Crippen LogP contribution in [0, 0.1) is 13.8 Å². The molecule has 3 amide bonds. The van der Waals surface area contributed by atoms with Gasteiger partial charge >= 0.3 is 5.97 Å². The van der Waals surface area contributed by atoms with Crippen LogP contribution in [-0.2, 0) is 14.3 Å². The number of hydrogen-bond donors (Lipinski definition) is 1. The number of rotatable bonds is 9. The summed E-state index contributed by atoms with van der Waals surface area (Å²) in [6.45, 7) is 5.81. The summed E-state index contributed by atoms with van der Waals surface area (Å²) in [5.41, 5.74) is 3.70. The van der Waals surface area contributed by atoms with E-state index >= 15 is 0 Å². The van der Waals surface area contributed by atoms with Gasteiger partial charge in [0.15, 0.2) is 0 Å². The van der Waals surface area contributed by atoms with Crippen molar-refractivity contribution < 1.29 is 28.3 Å². The summed E-state index contributed by atoms with van der Waals surface area (Å²) < 4.78 is 11.1. The number of nitrogens with zero attached hydrogens (tertiary/aromatic N) is 1. The Kier molecular flexibility index (Phi) is 8.48. The average Bonchev–Trinajstić information content (AvgIpc) is 3.46. The molecule has 4 rings (SSSR count). The van der Waals surface area contributed by atoms with E-state index in [4.69, 9.17) is 9.15 Å². The van der Waals surface area contributed by atoms with Gasteiger partial charge in [0.05, 0.1) is 17.1 Å². The number of unbranched alkanes of at least 4 members (excludes halogenated alkanes) is 1. The molecule has 196 valence electrons. The smallest absolute Gasteiger partial charge is 0.338 e. The van der Waals surface area contributed by atoms with Crippen molar-refractivity contribution >= 4 is 46.5 Å². The maximum atomic E-state index is 12.9. The standard InChI is InChI=1S/C29H28N2O6S/c1-4-5-14-36-28(34)21-10-8-20(9-11-21)24-13-12-22(37-24)16-25-27(33)31(29(35)38-25)17-26(32)30-23-15-18(2)6-7-19(23)3/h6-13,15-16H,4-5,14,17H2,1-3H3,(H,30,32)/b25-16+. The Morgan fingerprint density at radius 1 is 1.05 bits per heavy atom. The minimum atomic E-state index is -0.556. The van der Waals surface area contributed by atoms with E-state index in [2.05, 4.69) is 5.32 Å². The van der Waals surface area contributed by atoms with Crippen molar-refractivity contribution in [3.05, 3.63) is 82.0 Å². The van der Waals surface area contributed by atoms with Crippen LogP contribution in [0.3, 0.4) is 0 Å². The number of ether oxygens (including phenoxy) is 1. The molecule has 0 bridgehead atoms. The molecule has 1 saturated heterocycles. The lowest BCUT2D eigenvalue weighted by molar-refractivity contribution is -0.127. The fourth-order valence-corrected chi connectivity index (χ4v) is 4.54. The third-order valence-corrected chi connectivity index (χ3v) is 6.79. The van der Waals surface area contributed by atoms with Crippen molar-refractivity contribution in [3.63, 3.8) is 0 Å². The summed E-state index contributed by atoms with van der Waals surface area (Å²) in [5, 5.41) is 2.24. The molecule has 0 spiro atoms. The Labute approximate surface area is 225 Å². The van der Waals surface area contributed by atoms with Crippen LogP contribution in [0.4, 0.5) is 10.5 Å². The molecule has 2 aromatic carbocycles. The maximum Gasteiger partial charge on any atom is 0.338 e. The van der Waals surface area contributed by atoms with Crippen LogP contribution in [-0.4, -0.2) is 41.1 Å². The Morgan fingerprint density at radius 3 is 2.55 bits per heavy atom. The van der Waals surface area contributed by atoms with Gasteiger partial charge in [0.2, 0.25) is 5.91 Å². The number of benzene rings is 2. The molecule has 3 aromatic rings. The number of esters is 1. The van der Waals surface area contributed by atoms with Crippen molar-refractivity contribution in [2.45, 2.75) is 33.6 Å². The predicted octanol–water partition coefficient (Wildman–Crippen LogP) is 6.20. The Balaban J connectivity index is 1.40. The van der Waals surface area contributed by atoms with E-state index in [9.17, 15) is 19.2 Å². The van der Waals surface area contributed by atoms with E-state index in [0.717, 1.165) is 46.2 Å². The Hall–Kier alpha value is -4.11. The number of nitrogens with one attached hydrogen (secondary N) is 1. The topological polar surface area (TPSA) is 106 Å². The minimum Gasteiger partial charge on any atom is -0.462 e. The summed E-state index contributed by atoms with van der Waals surface area (Å²) >= 11 is 0.756. The lowest BCUT2D eigenvalue weighted by Gasteiger charge is -2.14. The number of imide groups is 1. The number of anilines is 1. The van der Waals surface area contributed by atoms with Gasteiger partial charge in [-0.15, -0.1) is 0 Å². The van der Waals surface area contributed by atoms with Gasteiger partial charge < -0.3 is 14.5 Å². The fourth-order valence-electron chi connectivity index (χ4n) is 3.72. The van der Waals surface area contributed by atoms with Gasteiger partial charge in [0.1, 0.15) is 18.1 Å². The summed E-state index contributed by atoms with van der Waals surface area (Å²) in [4.78, 5) is 51.0. The maximum absolute atomic E-state index is 12.9. The number of hydrogen-bond acceptors (Lipinski definition) is 7. The Bertz CT molecular complexity index is 1410. The van der Waals surface area contributed by atoms with Crippen LogP contribution >= 0.6 is 11.8 Å². The second kappa shape index (κ2) is 12.0. The third kappa shape index (κ3) is 6.41. The van der Waals surface area contributed by atoms with E-state index in [0.29, 0.717) is 29.4 Å². The van der Waals surface area contributed by atoms with E-state index in [1.165, 1.54) is 6.08 Å². The van der Waals surface area contributed by atoms with Crippen molar-refractivity contribution in [3.8, 4) is 11.3 Å². The van der Waals surface area contributed by atoms with Crippen LogP contribution < -0.4 is 5.32 Å². The predicted molar refractivity (Wildman–Crippen MR) is 147 cm³/mol. The molecule has 0 unspecified atom stereocenters. The molecule has 0 radical (unpaired) electrons. The van der Waals surface area contributed by atoms with Gasteiger partial charge in [0, 0.05) is 17.3 Å². The number of furan rings is 1. The molecule has 1 N–H and O–H groups in total. The second-order valence-electron chi connectivity index (χ2n) is 8.90. The number of amides is 3. The van der Waals surface area contributed by atoms with E-state index in [1.54, 1.807) is 36.4 Å². The molecule has 0 aliphatic carbocycles. The van der Waals surface area contributed by atoms with E-state index < -0.39 is 17.1 Å². The molecule has 0 atom stereocenters. The molecule has 2 heterocycles. The first-order valence-corrected chi connectivity index (χ1v) is 13.1. The molecule has 1 aliphatic rings. The second-order valence-corrected chi connectivity index (χ2v) is 9.90. The van der Waals surface area contributed by atoms with Crippen LogP contribution in [0.25, 0.3) is 17.4 Å². The third-order valence-electron chi connectivity index (χ3n) is 5.88. The molecule has 8 nitrogen and oxygen atoms in total. The zero-order valence-corrected chi connectivity index (χ0v) is 22.2. The van der Waals surface area contributed by atoms with Crippen LogP contribution in [0.15, 0.2) is 63.9 Å². The summed E-state index contributed by atoms with van der Waals surface area (Å²) in [5.74, 6) is -0.466. The fraction of sp³-hybridized carbons (Fsp3) is 0.241. The van der Waals surface area contributed by atoms with Crippen molar-refractivity contribution in [1.82, 2.24) is 4.90 Å². The van der Waals surface area contributed by atoms with Gasteiger partial charge in [-0.2, -0.15) is 0 Å².